The Balaban J connectivity index is 2.34. The summed E-state index contributed by atoms with van der Waals surface area (Å²) in [4.78, 5) is 3.90. The molecule has 0 aliphatic heterocycles. The van der Waals surface area contributed by atoms with Crippen molar-refractivity contribution in [1.29, 1.82) is 0 Å². The van der Waals surface area contributed by atoms with E-state index in [4.69, 9.17) is 38.8 Å². The fourth-order valence-corrected chi connectivity index (χ4v) is 2.70. The van der Waals surface area contributed by atoms with Crippen molar-refractivity contribution < 1.29 is 19.3 Å². The Morgan fingerprint density at radius 2 is 2.09 bits per heavy atom. The minimum absolute atomic E-state index is 0.0781. The van der Waals surface area contributed by atoms with Gasteiger partial charge in [-0.25, -0.2) is 9.37 Å². The first-order chi connectivity index (χ1) is 10.8. The number of hydrogen-bond acceptors (Lipinski definition) is 5. The van der Waals surface area contributed by atoms with Gasteiger partial charge in [0.05, 0.1) is 11.6 Å². The van der Waals surface area contributed by atoms with Crippen molar-refractivity contribution in [2.75, 3.05) is 12.3 Å². The normalized spacial score (nSPS) is 13.7. The number of hydrogen-bond donors (Lipinski definition) is 3. The van der Waals surface area contributed by atoms with E-state index < -0.39 is 24.6 Å². The fraction of sp³-hybridized carbons (Fsp3) is 0.267. The summed E-state index contributed by atoms with van der Waals surface area (Å²) >= 11 is 12.0. The topological polar surface area (TPSA) is 88.6 Å². The maximum absolute atomic E-state index is 13.6. The molecule has 2 unspecified atom stereocenters. The lowest BCUT2D eigenvalue weighted by Gasteiger charge is -2.19. The summed E-state index contributed by atoms with van der Waals surface area (Å²) in [7, 11) is 0. The third-order valence-electron chi connectivity index (χ3n) is 3.25. The summed E-state index contributed by atoms with van der Waals surface area (Å²) in [5.74, 6) is -0.370. The molecule has 8 heteroatoms. The Kier molecular flexibility index (Phi) is 5.64. The lowest BCUT2D eigenvalue weighted by Crippen LogP contribution is -2.10. The second-order valence-corrected chi connectivity index (χ2v) is 5.65. The fourth-order valence-electron chi connectivity index (χ4n) is 2.02. The molecule has 0 saturated carbocycles. The molecule has 0 saturated heterocycles. The van der Waals surface area contributed by atoms with Crippen LogP contribution in [0, 0.1) is 5.82 Å². The minimum Gasteiger partial charge on any atom is -0.482 e. The van der Waals surface area contributed by atoms with E-state index in [1.807, 2.05) is 0 Å². The first-order valence-electron chi connectivity index (χ1n) is 6.69. The van der Waals surface area contributed by atoms with Crippen LogP contribution >= 0.6 is 23.2 Å². The van der Waals surface area contributed by atoms with Crippen LogP contribution in [0.3, 0.4) is 0 Å². The van der Waals surface area contributed by atoms with Crippen molar-refractivity contribution in [2.45, 2.75) is 19.1 Å². The van der Waals surface area contributed by atoms with E-state index >= 15 is 0 Å². The van der Waals surface area contributed by atoms with Crippen molar-refractivity contribution in [3.8, 4) is 5.75 Å². The predicted molar refractivity (Wildman–Crippen MR) is 86.2 cm³/mol. The zero-order chi connectivity index (χ0) is 17.1. The highest BCUT2D eigenvalue weighted by atomic mass is 35.5. The number of ether oxygens (including phenoxy) is 1. The number of aliphatic hydroxyl groups excluding tert-OH is 2. The van der Waals surface area contributed by atoms with Gasteiger partial charge in [-0.1, -0.05) is 23.2 Å². The standard InChI is InChI=1S/C15H15Cl2FN2O3/c1-7(13-9(16)2-3-10(18)14(13)17)23-12-4-8(11(22)6-21)5-20-15(12)19/h2-5,7,11,21-22H,6H2,1H3,(H2,19,20). The Bertz CT molecular complexity index is 715. The molecule has 23 heavy (non-hydrogen) atoms. The summed E-state index contributed by atoms with van der Waals surface area (Å²) in [6.07, 6.45) is -0.492. The van der Waals surface area contributed by atoms with Gasteiger partial charge in [0.1, 0.15) is 18.0 Å². The van der Waals surface area contributed by atoms with Crippen LogP contribution in [0.25, 0.3) is 0 Å². The van der Waals surface area contributed by atoms with Gasteiger partial charge in [0.2, 0.25) is 0 Å². The smallest absolute Gasteiger partial charge is 0.166 e. The summed E-state index contributed by atoms with van der Waals surface area (Å²) < 4.78 is 19.3. The van der Waals surface area contributed by atoms with Gasteiger partial charge in [-0.2, -0.15) is 0 Å². The molecular formula is C15H15Cl2FN2O3. The minimum atomic E-state index is -1.11. The lowest BCUT2D eigenvalue weighted by molar-refractivity contribution is 0.0949. The summed E-state index contributed by atoms with van der Waals surface area (Å²) in [5, 5.41) is 18.7. The summed E-state index contributed by atoms with van der Waals surface area (Å²) in [6.45, 7) is 1.16. The maximum Gasteiger partial charge on any atom is 0.166 e. The average Bonchev–Trinajstić information content (AvgIpc) is 2.52. The van der Waals surface area contributed by atoms with Crippen LogP contribution in [0.1, 0.15) is 30.3 Å². The number of aliphatic hydroxyl groups is 2. The largest absolute Gasteiger partial charge is 0.482 e. The molecule has 1 heterocycles. The maximum atomic E-state index is 13.6. The highest BCUT2D eigenvalue weighted by molar-refractivity contribution is 6.36. The third kappa shape index (κ3) is 3.84. The molecule has 0 amide bonds. The number of nitrogens with two attached hydrogens (primary N) is 1. The molecular weight excluding hydrogens is 346 g/mol. The molecule has 5 nitrogen and oxygen atoms in total. The molecule has 0 spiro atoms. The Labute approximate surface area is 142 Å². The van der Waals surface area contributed by atoms with Gasteiger partial charge in [-0.05, 0) is 25.1 Å². The van der Waals surface area contributed by atoms with Crippen LogP contribution in [-0.4, -0.2) is 21.8 Å². The van der Waals surface area contributed by atoms with Gasteiger partial charge >= 0.3 is 0 Å². The first-order valence-corrected chi connectivity index (χ1v) is 7.45. The lowest BCUT2D eigenvalue weighted by atomic mass is 10.1. The molecule has 1 aromatic heterocycles. The second kappa shape index (κ2) is 7.31. The molecule has 4 N–H and O–H groups in total. The van der Waals surface area contributed by atoms with Gasteiger partial charge in [-0.15, -0.1) is 0 Å². The number of halogens is 3. The number of nitrogens with zero attached hydrogens (tertiary/aromatic N) is 1. The van der Waals surface area contributed by atoms with Gasteiger partial charge in [0.25, 0.3) is 0 Å². The van der Waals surface area contributed by atoms with Crippen molar-refractivity contribution in [1.82, 2.24) is 4.98 Å². The molecule has 0 bridgehead atoms. The summed E-state index contributed by atoms with van der Waals surface area (Å²) in [5.41, 5.74) is 6.36. The molecule has 0 fully saturated rings. The van der Waals surface area contributed by atoms with Crippen molar-refractivity contribution >= 4 is 29.0 Å². The van der Waals surface area contributed by atoms with E-state index in [0.29, 0.717) is 5.56 Å². The molecule has 0 radical (unpaired) electrons. The monoisotopic (exact) mass is 360 g/mol. The van der Waals surface area contributed by atoms with Crippen molar-refractivity contribution in [2.24, 2.45) is 0 Å². The van der Waals surface area contributed by atoms with E-state index in [2.05, 4.69) is 4.98 Å². The molecule has 2 aromatic rings. The molecule has 0 aliphatic rings. The zero-order valence-electron chi connectivity index (χ0n) is 12.1. The quantitative estimate of drug-likeness (QED) is 0.712. The van der Waals surface area contributed by atoms with Crippen molar-refractivity contribution in [3.63, 3.8) is 0 Å². The second-order valence-electron chi connectivity index (χ2n) is 4.87. The highest BCUT2D eigenvalue weighted by Gasteiger charge is 2.20. The number of aromatic nitrogens is 1. The van der Waals surface area contributed by atoms with Crippen LogP contribution in [0.5, 0.6) is 5.75 Å². The van der Waals surface area contributed by atoms with E-state index in [1.165, 1.54) is 18.3 Å². The number of rotatable bonds is 5. The van der Waals surface area contributed by atoms with Gasteiger partial charge in [0, 0.05) is 22.3 Å². The predicted octanol–water partition coefficient (Wildman–Crippen LogP) is 3.28. The van der Waals surface area contributed by atoms with Crippen LogP contribution in [0.4, 0.5) is 10.2 Å². The van der Waals surface area contributed by atoms with E-state index in [1.54, 1.807) is 6.92 Å². The Morgan fingerprint density at radius 1 is 1.39 bits per heavy atom. The van der Waals surface area contributed by atoms with Gasteiger partial charge in [-0.3, -0.25) is 0 Å². The SMILES string of the molecule is CC(Oc1cc(C(O)CO)cnc1N)c1c(Cl)ccc(F)c1Cl. The molecule has 124 valence electrons. The van der Waals surface area contributed by atoms with E-state index in [0.717, 1.165) is 6.07 Å². The number of benzene rings is 1. The third-order valence-corrected chi connectivity index (χ3v) is 3.96. The van der Waals surface area contributed by atoms with E-state index in [-0.39, 0.29) is 27.2 Å². The molecule has 2 atom stereocenters. The van der Waals surface area contributed by atoms with E-state index in [9.17, 15) is 9.50 Å². The van der Waals surface area contributed by atoms with Gasteiger partial charge < -0.3 is 20.7 Å². The molecule has 0 aliphatic carbocycles. The zero-order valence-corrected chi connectivity index (χ0v) is 13.6. The average molecular weight is 361 g/mol. The number of nitrogen functional groups attached to an aromatic ring is 1. The summed E-state index contributed by atoms with van der Waals surface area (Å²) in [6, 6.07) is 3.99. The Morgan fingerprint density at radius 3 is 2.74 bits per heavy atom. The van der Waals surface area contributed by atoms with Crippen LogP contribution in [0.15, 0.2) is 24.4 Å². The Hall–Kier alpha value is -1.60. The van der Waals surface area contributed by atoms with Gasteiger partial charge in [0.15, 0.2) is 11.6 Å². The number of pyridine rings is 1. The number of anilines is 1. The first kappa shape index (κ1) is 17.7. The highest BCUT2D eigenvalue weighted by Crippen LogP contribution is 2.36. The van der Waals surface area contributed by atoms with Crippen LogP contribution in [0.2, 0.25) is 10.0 Å². The van der Waals surface area contributed by atoms with Crippen LogP contribution < -0.4 is 10.5 Å². The molecule has 2 rings (SSSR count). The van der Waals surface area contributed by atoms with Crippen LogP contribution in [-0.2, 0) is 0 Å². The molecule has 1 aromatic carbocycles. The van der Waals surface area contributed by atoms with Crippen molar-refractivity contribution in [3.05, 3.63) is 51.4 Å².